The van der Waals surface area contributed by atoms with E-state index < -0.39 is 5.97 Å². The molecule has 0 saturated carbocycles. The molecule has 0 spiro atoms. The van der Waals surface area contributed by atoms with Crippen LogP contribution in [0.3, 0.4) is 0 Å². The number of carboxylic acids is 1. The summed E-state index contributed by atoms with van der Waals surface area (Å²) in [4.78, 5) is 14.8. The summed E-state index contributed by atoms with van der Waals surface area (Å²) in [5.41, 5.74) is 2.86. The zero-order valence-corrected chi connectivity index (χ0v) is 14.2. The Morgan fingerprint density at radius 1 is 1.32 bits per heavy atom. The van der Waals surface area contributed by atoms with E-state index >= 15 is 0 Å². The van der Waals surface area contributed by atoms with Gasteiger partial charge in [0.15, 0.2) is 0 Å². The molecule has 2 aromatic rings. The Hall–Kier alpha value is -0.680. The second-order valence-corrected chi connectivity index (χ2v) is 5.33. The van der Waals surface area contributed by atoms with Crippen LogP contribution in [0.5, 0.6) is 0 Å². The maximum Gasteiger partial charge on any atom is 0.123 e. The van der Waals surface area contributed by atoms with Gasteiger partial charge in [-0.1, -0.05) is 38.1 Å². The Morgan fingerprint density at radius 2 is 1.95 bits per heavy atom. The molecule has 3 nitrogen and oxygen atoms in total. The summed E-state index contributed by atoms with van der Waals surface area (Å²) in [6.07, 6.45) is -0.124. The third-order valence-corrected chi connectivity index (χ3v) is 3.64. The maximum atomic E-state index is 10.5. The SMILES string of the molecule is CC(C)c1ccc(-c2nc(CC(=O)[O-])cs2)cc1.[Na]. The zero-order valence-electron chi connectivity index (χ0n) is 11.3. The van der Waals surface area contributed by atoms with Crippen molar-refractivity contribution in [3.63, 3.8) is 0 Å². The topological polar surface area (TPSA) is 53.0 Å². The van der Waals surface area contributed by atoms with Gasteiger partial charge in [-0.05, 0) is 11.5 Å². The molecule has 19 heavy (non-hydrogen) atoms. The largest absolute Gasteiger partial charge is 0.550 e. The van der Waals surface area contributed by atoms with Gasteiger partial charge in [-0.15, -0.1) is 11.3 Å². The van der Waals surface area contributed by atoms with E-state index in [1.54, 1.807) is 5.38 Å². The van der Waals surface area contributed by atoms with Crippen molar-refractivity contribution in [3.05, 3.63) is 40.9 Å². The smallest absolute Gasteiger partial charge is 0.123 e. The number of nitrogens with zero attached hydrogens (tertiary/aromatic N) is 1. The number of hydrogen-bond acceptors (Lipinski definition) is 4. The van der Waals surface area contributed by atoms with Gasteiger partial charge >= 0.3 is 0 Å². The van der Waals surface area contributed by atoms with E-state index in [2.05, 4.69) is 31.0 Å². The van der Waals surface area contributed by atoms with E-state index in [-0.39, 0.29) is 36.0 Å². The molecule has 95 valence electrons. The van der Waals surface area contributed by atoms with Crippen molar-refractivity contribution in [1.82, 2.24) is 4.98 Å². The Kier molecular flexibility index (Phi) is 6.20. The first-order valence-corrected chi connectivity index (χ1v) is 6.69. The molecule has 0 unspecified atom stereocenters. The van der Waals surface area contributed by atoms with Crippen LogP contribution in [0.15, 0.2) is 29.6 Å². The van der Waals surface area contributed by atoms with Crippen LogP contribution in [0.4, 0.5) is 0 Å². The molecule has 1 aromatic heterocycles. The van der Waals surface area contributed by atoms with Gasteiger partial charge in [-0.2, -0.15) is 0 Å². The number of aliphatic carboxylic acids is 1. The number of carboxylic acid groups (broad SMARTS) is 1. The Labute approximate surface area is 139 Å². The first-order valence-electron chi connectivity index (χ1n) is 5.81. The summed E-state index contributed by atoms with van der Waals surface area (Å²) in [5, 5.41) is 13.1. The van der Waals surface area contributed by atoms with Gasteiger partial charge < -0.3 is 9.90 Å². The van der Waals surface area contributed by atoms with Gasteiger partial charge in [-0.25, -0.2) is 4.98 Å². The Balaban J connectivity index is 0.00000180. The van der Waals surface area contributed by atoms with Crippen molar-refractivity contribution in [1.29, 1.82) is 0 Å². The fourth-order valence-corrected chi connectivity index (χ4v) is 2.51. The molecule has 0 bridgehead atoms. The van der Waals surface area contributed by atoms with E-state index in [4.69, 9.17) is 0 Å². The Morgan fingerprint density at radius 3 is 2.47 bits per heavy atom. The monoisotopic (exact) mass is 283 g/mol. The van der Waals surface area contributed by atoms with Gasteiger partial charge in [0.1, 0.15) is 5.01 Å². The summed E-state index contributed by atoms with van der Waals surface area (Å²) in [5.74, 6) is -0.592. The van der Waals surface area contributed by atoms with E-state index in [9.17, 15) is 9.90 Å². The second kappa shape index (κ2) is 7.20. The third-order valence-electron chi connectivity index (χ3n) is 2.70. The van der Waals surface area contributed by atoms with Crippen LogP contribution >= 0.6 is 11.3 Å². The molecule has 1 radical (unpaired) electrons. The van der Waals surface area contributed by atoms with Crippen molar-refractivity contribution in [3.8, 4) is 10.6 Å². The second-order valence-electron chi connectivity index (χ2n) is 4.47. The summed E-state index contributed by atoms with van der Waals surface area (Å²) >= 11 is 1.46. The predicted octanol–water partition coefficient (Wildman–Crippen LogP) is 1.85. The summed E-state index contributed by atoms with van der Waals surface area (Å²) in [6.45, 7) is 4.30. The molecular weight excluding hydrogens is 269 g/mol. The van der Waals surface area contributed by atoms with Gasteiger partial charge in [0, 0.05) is 52.9 Å². The van der Waals surface area contributed by atoms with Crippen LogP contribution < -0.4 is 5.11 Å². The van der Waals surface area contributed by atoms with Gasteiger partial charge in [-0.3, -0.25) is 0 Å². The average Bonchev–Trinajstić information content (AvgIpc) is 2.76. The van der Waals surface area contributed by atoms with Gasteiger partial charge in [0.05, 0.1) is 5.69 Å². The van der Waals surface area contributed by atoms with E-state index in [0.29, 0.717) is 11.6 Å². The number of benzene rings is 1. The first-order chi connectivity index (χ1) is 8.56. The number of carbonyl (C=O) groups excluding carboxylic acids is 1. The zero-order chi connectivity index (χ0) is 13.1. The first kappa shape index (κ1) is 16.4. The molecule has 0 aliphatic heterocycles. The number of hydrogen-bond donors (Lipinski definition) is 0. The molecule has 1 aromatic carbocycles. The van der Waals surface area contributed by atoms with Crippen LogP contribution in [0.25, 0.3) is 10.6 Å². The minimum absolute atomic E-state index is 0. The fraction of sp³-hybridized carbons (Fsp3) is 0.286. The van der Waals surface area contributed by atoms with Crippen LogP contribution in [0.2, 0.25) is 0 Å². The van der Waals surface area contributed by atoms with Crippen molar-refractivity contribution in [2.75, 3.05) is 0 Å². The molecule has 0 aliphatic rings. The molecular formula is C14H14NNaO2S-. The van der Waals surface area contributed by atoms with Gasteiger partial charge in [0.2, 0.25) is 0 Å². The van der Waals surface area contributed by atoms with Gasteiger partial charge in [0.25, 0.3) is 0 Å². The summed E-state index contributed by atoms with van der Waals surface area (Å²) in [7, 11) is 0. The van der Waals surface area contributed by atoms with E-state index in [1.807, 2.05) is 12.1 Å². The number of carbonyl (C=O) groups is 1. The molecule has 0 fully saturated rings. The molecule has 0 amide bonds. The third kappa shape index (κ3) is 4.42. The molecule has 0 saturated heterocycles. The molecule has 0 atom stereocenters. The van der Waals surface area contributed by atoms with Crippen molar-refractivity contribution >= 4 is 46.9 Å². The molecule has 2 rings (SSSR count). The van der Waals surface area contributed by atoms with E-state index in [0.717, 1.165) is 10.6 Å². The number of rotatable bonds is 4. The fourth-order valence-electron chi connectivity index (χ4n) is 1.68. The molecule has 0 aliphatic carbocycles. The minimum atomic E-state index is -1.10. The molecule has 0 N–H and O–H groups in total. The van der Waals surface area contributed by atoms with Crippen molar-refractivity contribution in [2.24, 2.45) is 0 Å². The normalized spacial score (nSPS) is 10.3. The number of thiazole rings is 1. The van der Waals surface area contributed by atoms with Crippen LogP contribution in [0.1, 0.15) is 31.0 Å². The Bertz CT molecular complexity index is 549. The molecule has 1 heterocycles. The summed E-state index contributed by atoms with van der Waals surface area (Å²) in [6, 6.07) is 8.22. The summed E-state index contributed by atoms with van der Waals surface area (Å²) < 4.78 is 0. The maximum absolute atomic E-state index is 10.5. The predicted molar refractivity (Wildman–Crippen MR) is 76.1 cm³/mol. The standard InChI is InChI=1S/C14H15NO2S.Na/c1-9(2)10-3-5-11(6-4-10)14-15-12(8-18-14)7-13(16)17;/h3-6,8-9H,7H2,1-2H3,(H,16,17);/p-1. The average molecular weight is 283 g/mol. The van der Waals surface area contributed by atoms with Crippen molar-refractivity contribution < 1.29 is 9.90 Å². The van der Waals surface area contributed by atoms with Crippen molar-refractivity contribution in [2.45, 2.75) is 26.2 Å². The quantitative estimate of drug-likeness (QED) is 0.805. The van der Waals surface area contributed by atoms with E-state index in [1.165, 1.54) is 16.9 Å². The number of aromatic nitrogens is 1. The minimum Gasteiger partial charge on any atom is -0.550 e. The van der Waals surface area contributed by atoms with Crippen LogP contribution in [-0.2, 0) is 11.2 Å². The van der Waals surface area contributed by atoms with Crippen LogP contribution in [0, 0.1) is 0 Å². The molecule has 5 heteroatoms. The van der Waals surface area contributed by atoms with Crippen LogP contribution in [-0.4, -0.2) is 40.5 Å².